The molecule has 9 heteroatoms. The van der Waals surface area contributed by atoms with Crippen LogP contribution in [-0.4, -0.2) is 93.5 Å². The predicted octanol–water partition coefficient (Wildman–Crippen LogP) is 2.74. The van der Waals surface area contributed by atoms with Gasteiger partial charge in [-0.1, -0.05) is 0 Å². The summed E-state index contributed by atoms with van der Waals surface area (Å²) in [6.07, 6.45) is 6.30. The van der Waals surface area contributed by atoms with E-state index in [1.165, 1.54) is 30.4 Å². The van der Waals surface area contributed by atoms with Crippen LogP contribution in [0.3, 0.4) is 0 Å². The number of fused-ring (bicyclic) bond motifs is 3. The van der Waals surface area contributed by atoms with Gasteiger partial charge in [0.25, 0.3) is 0 Å². The van der Waals surface area contributed by atoms with E-state index in [1.807, 2.05) is 23.9 Å². The van der Waals surface area contributed by atoms with Gasteiger partial charge in [0.15, 0.2) is 5.82 Å². The number of ether oxygens (including phenoxy) is 2. The first-order valence-corrected chi connectivity index (χ1v) is 13.7. The van der Waals surface area contributed by atoms with E-state index in [1.54, 1.807) is 0 Å². The maximum Gasteiger partial charge on any atom is 0.159 e. The third kappa shape index (κ3) is 4.03. The molecular weight excluding hydrogens is 468 g/mol. The Morgan fingerprint density at radius 1 is 1.03 bits per heavy atom. The third-order valence-corrected chi connectivity index (χ3v) is 9.05. The Kier molecular flexibility index (Phi) is 5.73. The molecule has 2 bridgehead atoms. The summed E-state index contributed by atoms with van der Waals surface area (Å²) in [6, 6.07) is 7.50. The first-order valence-electron chi connectivity index (χ1n) is 13.7. The number of anilines is 1. The molecule has 1 N–H and O–H groups in total. The van der Waals surface area contributed by atoms with E-state index in [-0.39, 0.29) is 12.6 Å². The third-order valence-electron chi connectivity index (χ3n) is 9.05. The normalized spacial score (nSPS) is 28.7. The number of aromatic nitrogens is 4. The van der Waals surface area contributed by atoms with Gasteiger partial charge >= 0.3 is 0 Å². The highest BCUT2D eigenvalue weighted by Gasteiger charge is 2.51. The molecule has 1 aromatic carbocycles. The van der Waals surface area contributed by atoms with Gasteiger partial charge in [-0.3, -0.25) is 4.90 Å². The number of aliphatic hydroxyl groups excluding tert-OH is 1. The van der Waals surface area contributed by atoms with Gasteiger partial charge in [-0.05, 0) is 75.4 Å². The second-order valence-electron chi connectivity index (χ2n) is 11.4. The second-order valence-corrected chi connectivity index (χ2v) is 11.4. The van der Waals surface area contributed by atoms with Gasteiger partial charge in [0.2, 0.25) is 0 Å². The van der Waals surface area contributed by atoms with E-state index in [2.05, 4.69) is 28.9 Å². The SMILES string of the molecule is Cc1nc(N2C[C@]3(CO)C[C@H]2CO3)cc(-n2ncc3cc(C)c(C4CCN(C5CCOC5)CC4)cc32)n1. The molecule has 4 fully saturated rings. The molecule has 3 atom stereocenters. The minimum absolute atomic E-state index is 0.0379. The Bertz CT molecular complexity index is 1310. The number of hydrogen-bond acceptors (Lipinski definition) is 8. The summed E-state index contributed by atoms with van der Waals surface area (Å²) in [5.74, 6) is 2.94. The van der Waals surface area contributed by atoms with Crippen LogP contribution in [0.2, 0.25) is 0 Å². The van der Waals surface area contributed by atoms with Crippen LogP contribution in [-0.2, 0) is 9.47 Å². The lowest BCUT2D eigenvalue weighted by Crippen LogP contribution is -2.45. The minimum atomic E-state index is -0.463. The summed E-state index contributed by atoms with van der Waals surface area (Å²) in [5.41, 5.74) is 3.40. The Hall–Kier alpha value is -2.59. The quantitative estimate of drug-likeness (QED) is 0.568. The maximum absolute atomic E-state index is 9.90. The van der Waals surface area contributed by atoms with Crippen LogP contribution in [0, 0.1) is 13.8 Å². The first kappa shape index (κ1) is 23.5. The molecule has 196 valence electrons. The summed E-state index contributed by atoms with van der Waals surface area (Å²) in [4.78, 5) is 14.4. The van der Waals surface area contributed by atoms with Crippen molar-refractivity contribution in [1.29, 1.82) is 0 Å². The number of benzene rings is 1. The second kappa shape index (κ2) is 9.01. The van der Waals surface area contributed by atoms with Crippen molar-refractivity contribution < 1.29 is 14.6 Å². The zero-order valence-electron chi connectivity index (χ0n) is 21.8. The van der Waals surface area contributed by atoms with Gasteiger partial charge in [-0.25, -0.2) is 14.6 Å². The molecule has 0 radical (unpaired) electrons. The van der Waals surface area contributed by atoms with Gasteiger partial charge in [0.05, 0.1) is 44.1 Å². The number of morpholine rings is 1. The molecule has 0 saturated carbocycles. The van der Waals surface area contributed by atoms with E-state index < -0.39 is 5.60 Å². The summed E-state index contributed by atoms with van der Waals surface area (Å²) in [5, 5.41) is 15.8. The van der Waals surface area contributed by atoms with Crippen molar-refractivity contribution in [3.8, 4) is 5.82 Å². The number of aliphatic hydroxyl groups is 1. The Morgan fingerprint density at radius 3 is 2.62 bits per heavy atom. The van der Waals surface area contributed by atoms with Crippen molar-refractivity contribution in [2.75, 3.05) is 51.0 Å². The summed E-state index contributed by atoms with van der Waals surface area (Å²) >= 11 is 0. The fraction of sp³-hybridized carbons (Fsp3) is 0.607. The van der Waals surface area contributed by atoms with Crippen molar-refractivity contribution in [3.05, 3.63) is 41.3 Å². The lowest BCUT2D eigenvalue weighted by molar-refractivity contribution is -0.0375. The summed E-state index contributed by atoms with van der Waals surface area (Å²) in [6.45, 7) is 9.56. The van der Waals surface area contributed by atoms with Crippen LogP contribution in [0.25, 0.3) is 16.7 Å². The van der Waals surface area contributed by atoms with E-state index in [0.29, 0.717) is 30.9 Å². The van der Waals surface area contributed by atoms with E-state index in [4.69, 9.17) is 24.5 Å². The first-order chi connectivity index (χ1) is 18.0. The monoisotopic (exact) mass is 504 g/mol. The molecule has 6 heterocycles. The van der Waals surface area contributed by atoms with Crippen LogP contribution in [0.15, 0.2) is 24.4 Å². The Balaban J connectivity index is 1.18. The number of likely N-dealkylation sites (tertiary alicyclic amines) is 1. The van der Waals surface area contributed by atoms with Crippen molar-refractivity contribution in [1.82, 2.24) is 24.6 Å². The molecular formula is C28H36N6O3. The molecule has 7 rings (SSSR count). The minimum Gasteiger partial charge on any atom is -0.393 e. The molecule has 4 aliphatic rings. The van der Waals surface area contributed by atoms with Crippen molar-refractivity contribution in [2.24, 2.45) is 0 Å². The molecule has 0 spiro atoms. The predicted molar refractivity (Wildman–Crippen MR) is 140 cm³/mol. The fourth-order valence-corrected chi connectivity index (χ4v) is 7.00. The highest BCUT2D eigenvalue weighted by atomic mass is 16.5. The lowest BCUT2D eigenvalue weighted by Gasteiger charge is -2.36. The number of hydrogen-bond donors (Lipinski definition) is 1. The Labute approximate surface area is 217 Å². The molecule has 1 unspecified atom stereocenters. The van der Waals surface area contributed by atoms with Crippen LogP contribution >= 0.6 is 0 Å². The van der Waals surface area contributed by atoms with Crippen LogP contribution in [0.5, 0.6) is 0 Å². The lowest BCUT2D eigenvalue weighted by atomic mass is 9.86. The number of rotatable bonds is 5. The van der Waals surface area contributed by atoms with Gasteiger partial charge in [-0.2, -0.15) is 5.10 Å². The van der Waals surface area contributed by atoms with Crippen molar-refractivity contribution >= 4 is 16.7 Å². The van der Waals surface area contributed by atoms with Crippen LogP contribution in [0.4, 0.5) is 5.82 Å². The van der Waals surface area contributed by atoms with Gasteiger partial charge in [0.1, 0.15) is 17.2 Å². The highest BCUT2D eigenvalue weighted by Crippen LogP contribution is 2.40. The topological polar surface area (TPSA) is 88.8 Å². The van der Waals surface area contributed by atoms with Crippen LogP contribution in [0.1, 0.15) is 48.6 Å². The molecule has 4 aliphatic heterocycles. The van der Waals surface area contributed by atoms with Crippen molar-refractivity contribution in [2.45, 2.75) is 63.1 Å². The largest absolute Gasteiger partial charge is 0.393 e. The van der Waals surface area contributed by atoms with E-state index in [0.717, 1.165) is 55.3 Å². The highest BCUT2D eigenvalue weighted by molar-refractivity contribution is 5.82. The summed E-state index contributed by atoms with van der Waals surface area (Å²) in [7, 11) is 0. The summed E-state index contributed by atoms with van der Waals surface area (Å²) < 4.78 is 13.5. The number of aryl methyl sites for hydroxylation is 2. The van der Waals surface area contributed by atoms with Gasteiger partial charge in [-0.15, -0.1) is 0 Å². The molecule has 3 aromatic rings. The van der Waals surface area contributed by atoms with Crippen molar-refractivity contribution in [3.63, 3.8) is 0 Å². The average molecular weight is 505 g/mol. The smallest absolute Gasteiger partial charge is 0.159 e. The maximum atomic E-state index is 9.90. The zero-order chi connectivity index (χ0) is 25.1. The molecule has 4 saturated heterocycles. The van der Waals surface area contributed by atoms with E-state index in [9.17, 15) is 5.11 Å². The molecule has 2 aromatic heterocycles. The molecule has 37 heavy (non-hydrogen) atoms. The molecule has 0 aliphatic carbocycles. The number of nitrogens with zero attached hydrogens (tertiary/aromatic N) is 6. The fourth-order valence-electron chi connectivity index (χ4n) is 7.00. The Morgan fingerprint density at radius 2 is 1.86 bits per heavy atom. The van der Waals surface area contributed by atoms with Gasteiger partial charge in [0, 0.05) is 30.5 Å². The zero-order valence-corrected chi connectivity index (χ0v) is 21.8. The number of piperidine rings is 1. The van der Waals surface area contributed by atoms with Crippen LogP contribution < -0.4 is 4.90 Å². The standard InChI is InChI=1S/C28H36N6O3/c1-18-9-21-13-29-34(25(21)10-24(18)20-3-6-32(7-4-20)22-5-8-36-14-22)27-11-26(30-19(2)31-27)33-16-28(17-35)12-23(33)15-37-28/h9-11,13,20,22-23,35H,3-8,12,14-17H2,1-2H3/t22?,23-,28-/m0/s1. The molecule has 0 amide bonds. The van der Waals surface area contributed by atoms with E-state index >= 15 is 0 Å². The average Bonchev–Trinajstić information content (AvgIpc) is 3.72. The van der Waals surface area contributed by atoms with Gasteiger partial charge < -0.3 is 19.5 Å². The molecule has 9 nitrogen and oxygen atoms in total.